The number of nitrogens with one attached hydrogen (secondary N) is 2. The van der Waals surface area contributed by atoms with Crippen LogP contribution in [-0.2, 0) is 10.0 Å². The molecular formula is C23H23ClN2O4S. The Labute approximate surface area is 187 Å². The summed E-state index contributed by atoms with van der Waals surface area (Å²) in [6.07, 6.45) is 0. The normalized spacial score (nSPS) is 11.3. The fourth-order valence-corrected chi connectivity index (χ4v) is 4.45. The lowest BCUT2D eigenvalue weighted by atomic mass is 10.0. The van der Waals surface area contributed by atoms with E-state index >= 15 is 0 Å². The van der Waals surface area contributed by atoms with E-state index < -0.39 is 10.0 Å². The summed E-state index contributed by atoms with van der Waals surface area (Å²) in [5.74, 6) is 0.152. The van der Waals surface area contributed by atoms with Crippen molar-refractivity contribution in [1.82, 2.24) is 0 Å². The topological polar surface area (TPSA) is 84.5 Å². The van der Waals surface area contributed by atoms with Crippen molar-refractivity contribution in [3.8, 4) is 5.75 Å². The van der Waals surface area contributed by atoms with Gasteiger partial charge in [-0.25, -0.2) is 8.42 Å². The van der Waals surface area contributed by atoms with Crippen LogP contribution in [0.1, 0.15) is 35.7 Å². The summed E-state index contributed by atoms with van der Waals surface area (Å²) in [7, 11) is -2.65. The highest BCUT2D eigenvalue weighted by Crippen LogP contribution is 2.31. The fourth-order valence-electron chi connectivity index (χ4n) is 2.93. The number of sulfonamides is 1. The van der Waals surface area contributed by atoms with Crippen molar-refractivity contribution >= 4 is 38.9 Å². The molecule has 0 aromatic heterocycles. The van der Waals surface area contributed by atoms with Crippen LogP contribution in [0.5, 0.6) is 5.75 Å². The van der Waals surface area contributed by atoms with Crippen LogP contribution in [0.2, 0.25) is 5.02 Å². The monoisotopic (exact) mass is 458 g/mol. The van der Waals surface area contributed by atoms with Crippen molar-refractivity contribution in [3.05, 3.63) is 82.9 Å². The van der Waals surface area contributed by atoms with Gasteiger partial charge < -0.3 is 10.1 Å². The van der Waals surface area contributed by atoms with Gasteiger partial charge in [-0.05, 0) is 53.9 Å². The molecule has 0 atom stereocenters. The Hall–Kier alpha value is -3.03. The van der Waals surface area contributed by atoms with Crippen LogP contribution in [0.3, 0.4) is 0 Å². The van der Waals surface area contributed by atoms with Gasteiger partial charge in [-0.3, -0.25) is 9.52 Å². The maximum atomic E-state index is 13.0. The highest BCUT2D eigenvalue weighted by Gasteiger charge is 2.22. The van der Waals surface area contributed by atoms with Crippen LogP contribution in [0.25, 0.3) is 0 Å². The summed E-state index contributed by atoms with van der Waals surface area (Å²) in [5, 5.41) is 3.00. The van der Waals surface area contributed by atoms with Gasteiger partial charge in [-0.2, -0.15) is 0 Å². The lowest BCUT2D eigenvalue weighted by Crippen LogP contribution is -2.16. The second kappa shape index (κ2) is 9.41. The molecule has 0 aliphatic carbocycles. The predicted molar refractivity (Wildman–Crippen MR) is 124 cm³/mol. The van der Waals surface area contributed by atoms with Gasteiger partial charge in [0, 0.05) is 11.3 Å². The van der Waals surface area contributed by atoms with Gasteiger partial charge in [0.05, 0.1) is 17.8 Å². The summed E-state index contributed by atoms with van der Waals surface area (Å²) < 4.78 is 33.6. The number of rotatable bonds is 7. The molecule has 0 unspecified atom stereocenters. The van der Waals surface area contributed by atoms with E-state index in [1.807, 2.05) is 12.1 Å². The summed E-state index contributed by atoms with van der Waals surface area (Å²) in [4.78, 5) is 12.5. The molecule has 1 amide bonds. The first kappa shape index (κ1) is 22.7. The van der Waals surface area contributed by atoms with Crippen molar-refractivity contribution in [2.75, 3.05) is 17.1 Å². The molecule has 0 heterocycles. The van der Waals surface area contributed by atoms with E-state index in [-0.39, 0.29) is 27.3 Å². The minimum absolute atomic E-state index is 0.122. The van der Waals surface area contributed by atoms with E-state index in [1.165, 1.54) is 19.2 Å². The van der Waals surface area contributed by atoms with Gasteiger partial charge in [0.15, 0.2) is 0 Å². The van der Waals surface area contributed by atoms with Crippen molar-refractivity contribution in [1.29, 1.82) is 0 Å². The van der Waals surface area contributed by atoms with Gasteiger partial charge >= 0.3 is 0 Å². The first-order valence-corrected chi connectivity index (χ1v) is 11.4. The van der Waals surface area contributed by atoms with E-state index in [9.17, 15) is 13.2 Å². The number of amides is 1. The number of carbonyl (C=O) groups excluding carboxylic acids is 1. The Bertz CT molecular complexity index is 1190. The Morgan fingerprint density at radius 3 is 2.29 bits per heavy atom. The average Bonchev–Trinajstić information content (AvgIpc) is 2.75. The van der Waals surface area contributed by atoms with Crippen molar-refractivity contribution in [3.63, 3.8) is 0 Å². The van der Waals surface area contributed by atoms with Gasteiger partial charge in [0.2, 0.25) is 0 Å². The third kappa shape index (κ3) is 5.37. The molecular weight excluding hydrogens is 436 g/mol. The third-order valence-corrected chi connectivity index (χ3v) is 6.39. The van der Waals surface area contributed by atoms with E-state index in [0.29, 0.717) is 17.2 Å². The van der Waals surface area contributed by atoms with Crippen molar-refractivity contribution in [2.45, 2.75) is 24.7 Å². The molecule has 3 aromatic rings. The molecule has 0 radical (unpaired) electrons. The van der Waals surface area contributed by atoms with Gasteiger partial charge in [-0.15, -0.1) is 0 Å². The van der Waals surface area contributed by atoms with Gasteiger partial charge in [0.25, 0.3) is 15.9 Å². The molecule has 6 nitrogen and oxygen atoms in total. The number of ether oxygens (including phenoxy) is 1. The Morgan fingerprint density at radius 1 is 1.00 bits per heavy atom. The molecule has 3 rings (SSSR count). The van der Waals surface area contributed by atoms with Crippen LogP contribution in [0.4, 0.5) is 11.4 Å². The fraction of sp³-hybridized carbons (Fsp3) is 0.174. The average molecular weight is 459 g/mol. The second-order valence-corrected chi connectivity index (χ2v) is 9.24. The first-order valence-electron chi connectivity index (χ1n) is 9.58. The number of carbonyl (C=O) groups is 1. The highest BCUT2D eigenvalue weighted by molar-refractivity contribution is 7.92. The molecule has 2 N–H and O–H groups in total. The molecule has 0 fully saturated rings. The van der Waals surface area contributed by atoms with Gasteiger partial charge in [0.1, 0.15) is 10.6 Å². The van der Waals surface area contributed by atoms with Crippen LogP contribution in [0.15, 0.2) is 71.6 Å². The minimum Gasteiger partial charge on any atom is -0.495 e. The van der Waals surface area contributed by atoms with E-state index in [0.717, 1.165) is 5.56 Å². The Balaban J connectivity index is 1.88. The predicted octanol–water partition coefficient (Wildman–Crippen LogP) is 5.53. The Kier molecular flexibility index (Phi) is 6.87. The van der Waals surface area contributed by atoms with Crippen LogP contribution < -0.4 is 14.8 Å². The zero-order chi connectivity index (χ0) is 22.6. The molecule has 0 spiro atoms. The van der Waals surface area contributed by atoms with E-state index in [2.05, 4.69) is 23.9 Å². The third-order valence-electron chi connectivity index (χ3n) is 4.67. The van der Waals surface area contributed by atoms with Crippen molar-refractivity contribution < 1.29 is 17.9 Å². The maximum absolute atomic E-state index is 13.0. The summed E-state index contributed by atoms with van der Waals surface area (Å²) in [5.41, 5.74) is 2.16. The van der Waals surface area contributed by atoms with Crippen molar-refractivity contribution in [2.24, 2.45) is 0 Å². The number of benzene rings is 3. The zero-order valence-corrected chi connectivity index (χ0v) is 18.9. The summed E-state index contributed by atoms with van der Waals surface area (Å²) >= 11 is 6.07. The molecule has 8 heteroatoms. The second-order valence-electron chi connectivity index (χ2n) is 7.18. The lowest BCUT2D eigenvalue weighted by Gasteiger charge is -2.14. The quantitative estimate of drug-likeness (QED) is 0.487. The first-order chi connectivity index (χ1) is 14.7. The molecule has 0 aliphatic heterocycles. The number of halogens is 1. The summed E-state index contributed by atoms with van der Waals surface area (Å²) in [6, 6.07) is 18.2. The largest absolute Gasteiger partial charge is 0.495 e. The molecule has 0 saturated heterocycles. The standard InChI is InChI=1S/C23H23ClN2O4S/c1-15(2)16-8-10-17(11-9-16)23(27)25-18-12-13-21(30-3)22(14-18)31(28,29)26-20-7-5-4-6-19(20)24/h4-15,26H,1-3H3,(H,25,27). The number of para-hydroxylation sites is 1. The van der Waals surface area contributed by atoms with Gasteiger partial charge in [-0.1, -0.05) is 49.7 Å². The molecule has 3 aromatic carbocycles. The zero-order valence-electron chi connectivity index (χ0n) is 17.3. The Morgan fingerprint density at radius 2 is 1.68 bits per heavy atom. The van der Waals surface area contributed by atoms with Crippen LogP contribution >= 0.6 is 11.6 Å². The SMILES string of the molecule is COc1ccc(NC(=O)c2ccc(C(C)C)cc2)cc1S(=O)(=O)Nc1ccccc1Cl. The minimum atomic E-state index is -4.03. The van der Waals surface area contributed by atoms with E-state index in [1.54, 1.807) is 42.5 Å². The smallest absolute Gasteiger partial charge is 0.265 e. The number of hydrogen-bond donors (Lipinski definition) is 2. The number of methoxy groups -OCH3 is 1. The molecule has 0 aliphatic rings. The molecule has 0 bridgehead atoms. The molecule has 31 heavy (non-hydrogen) atoms. The lowest BCUT2D eigenvalue weighted by molar-refractivity contribution is 0.102. The number of hydrogen-bond acceptors (Lipinski definition) is 4. The maximum Gasteiger partial charge on any atom is 0.265 e. The highest BCUT2D eigenvalue weighted by atomic mass is 35.5. The van der Waals surface area contributed by atoms with E-state index in [4.69, 9.17) is 16.3 Å². The van der Waals surface area contributed by atoms with Crippen LogP contribution in [0, 0.1) is 0 Å². The molecule has 0 saturated carbocycles. The number of anilines is 2. The summed E-state index contributed by atoms with van der Waals surface area (Å²) in [6.45, 7) is 4.15. The molecule has 162 valence electrons. The van der Waals surface area contributed by atoms with Crippen LogP contribution in [-0.4, -0.2) is 21.4 Å².